The number of thiophene rings is 1. The number of hydrogen-bond acceptors (Lipinski definition) is 5. The maximum atomic E-state index is 14.0. The van der Waals surface area contributed by atoms with E-state index in [9.17, 15) is 19.1 Å². The second-order valence-corrected chi connectivity index (χ2v) is 9.88. The molecule has 2 aromatic rings. The Bertz CT molecular complexity index is 1020. The Morgan fingerprint density at radius 3 is 2.79 bits per heavy atom. The predicted octanol–water partition coefficient (Wildman–Crippen LogP) is 5.40. The van der Waals surface area contributed by atoms with Crippen molar-refractivity contribution < 1.29 is 19.1 Å². The molecule has 1 saturated heterocycles. The first-order valence-corrected chi connectivity index (χ1v) is 11.3. The maximum absolute atomic E-state index is 14.0. The van der Waals surface area contributed by atoms with Gasteiger partial charge in [0.15, 0.2) is 0 Å². The Morgan fingerprint density at radius 2 is 2.03 bits per heavy atom. The fraction of sp³-hybridized carbons (Fsp3) is 0.286. The minimum atomic E-state index is -0.810. The highest BCUT2D eigenvalue weighted by molar-refractivity contribution is 8.26. The van der Waals surface area contributed by atoms with Crippen LogP contribution in [-0.4, -0.2) is 32.2 Å². The van der Waals surface area contributed by atoms with E-state index in [1.54, 1.807) is 29.2 Å². The Hall–Kier alpha value is -2.03. The van der Waals surface area contributed by atoms with Gasteiger partial charge in [0.1, 0.15) is 10.1 Å². The Kier molecular flexibility index (Phi) is 5.85. The molecule has 1 aromatic carbocycles. The van der Waals surface area contributed by atoms with Crippen LogP contribution in [0.25, 0.3) is 16.5 Å². The van der Waals surface area contributed by atoms with Crippen LogP contribution in [0, 0.1) is 11.7 Å². The van der Waals surface area contributed by atoms with Crippen LogP contribution in [0.3, 0.4) is 0 Å². The number of benzene rings is 1. The van der Waals surface area contributed by atoms with Gasteiger partial charge in [0, 0.05) is 21.4 Å². The van der Waals surface area contributed by atoms with Crippen molar-refractivity contribution in [1.29, 1.82) is 0 Å². The number of nitrogens with zero attached hydrogens (tertiary/aromatic N) is 1. The molecule has 150 valence electrons. The van der Waals surface area contributed by atoms with Gasteiger partial charge in [-0.3, -0.25) is 14.5 Å². The Labute approximate surface area is 181 Å². The molecule has 0 spiro atoms. The lowest BCUT2D eigenvalue weighted by molar-refractivity contribution is -0.144. The molecule has 29 heavy (non-hydrogen) atoms. The molecular formula is C21H18FNO3S3. The number of carbonyl (C=O) groups is 2. The fourth-order valence-electron chi connectivity index (χ4n) is 3.78. The van der Waals surface area contributed by atoms with Gasteiger partial charge in [0.05, 0.1) is 10.8 Å². The molecule has 1 aliphatic heterocycles. The third-order valence-corrected chi connectivity index (χ3v) is 7.62. The normalized spacial score (nSPS) is 23.8. The first-order valence-electron chi connectivity index (χ1n) is 9.28. The lowest BCUT2D eigenvalue weighted by Crippen LogP contribution is -2.42. The van der Waals surface area contributed by atoms with Crippen LogP contribution in [0.2, 0.25) is 0 Å². The van der Waals surface area contributed by atoms with E-state index in [0.717, 1.165) is 22.6 Å². The van der Waals surface area contributed by atoms with E-state index in [-0.39, 0.29) is 17.8 Å². The second kappa shape index (κ2) is 8.38. The molecule has 2 aliphatic rings. The molecule has 2 unspecified atom stereocenters. The van der Waals surface area contributed by atoms with Crippen LogP contribution >= 0.6 is 35.3 Å². The van der Waals surface area contributed by atoms with E-state index in [1.807, 2.05) is 12.1 Å². The number of halogens is 1. The zero-order chi connectivity index (χ0) is 20.5. The molecule has 8 heteroatoms. The maximum Gasteiger partial charge on any atom is 0.306 e. The van der Waals surface area contributed by atoms with E-state index < -0.39 is 11.9 Å². The van der Waals surface area contributed by atoms with Gasteiger partial charge >= 0.3 is 5.97 Å². The third-order valence-electron chi connectivity index (χ3n) is 5.22. The topological polar surface area (TPSA) is 57.6 Å². The molecule has 1 saturated carbocycles. The zero-order valence-electron chi connectivity index (χ0n) is 15.3. The fourth-order valence-corrected chi connectivity index (χ4v) is 6.23. The van der Waals surface area contributed by atoms with E-state index in [4.69, 9.17) is 12.2 Å². The first kappa shape index (κ1) is 20.3. The molecule has 2 fully saturated rings. The summed E-state index contributed by atoms with van der Waals surface area (Å²) in [5, 5.41) is 9.32. The van der Waals surface area contributed by atoms with Gasteiger partial charge in [-0.05, 0) is 43.5 Å². The highest BCUT2D eigenvalue weighted by Crippen LogP contribution is 2.40. The highest BCUT2D eigenvalue weighted by Gasteiger charge is 2.40. The van der Waals surface area contributed by atoms with E-state index in [1.165, 1.54) is 29.2 Å². The van der Waals surface area contributed by atoms with Crippen LogP contribution in [-0.2, 0) is 9.59 Å². The highest BCUT2D eigenvalue weighted by atomic mass is 32.2. The summed E-state index contributed by atoms with van der Waals surface area (Å²) in [6.45, 7) is 0. The minimum Gasteiger partial charge on any atom is -0.481 e. The molecule has 1 N–H and O–H groups in total. The Morgan fingerprint density at radius 1 is 1.24 bits per heavy atom. The summed E-state index contributed by atoms with van der Waals surface area (Å²) >= 11 is 8.08. The molecule has 1 aliphatic carbocycles. The van der Waals surface area contributed by atoms with Gasteiger partial charge in [0.2, 0.25) is 0 Å². The molecular weight excluding hydrogens is 429 g/mol. The largest absolute Gasteiger partial charge is 0.481 e. The number of carbonyl (C=O) groups excluding carboxylic acids is 1. The van der Waals surface area contributed by atoms with Crippen molar-refractivity contribution in [3.8, 4) is 10.4 Å². The summed E-state index contributed by atoms with van der Waals surface area (Å²) in [6, 6.07) is 10.1. The van der Waals surface area contributed by atoms with E-state index >= 15 is 0 Å². The zero-order valence-corrected chi connectivity index (χ0v) is 17.8. The van der Waals surface area contributed by atoms with Gasteiger partial charge in [-0.25, -0.2) is 4.39 Å². The minimum absolute atomic E-state index is 0.166. The van der Waals surface area contributed by atoms with Gasteiger partial charge in [-0.2, -0.15) is 0 Å². The van der Waals surface area contributed by atoms with Crippen LogP contribution in [0.4, 0.5) is 4.39 Å². The summed E-state index contributed by atoms with van der Waals surface area (Å²) in [7, 11) is 0. The molecule has 0 bridgehead atoms. The van der Waals surface area contributed by atoms with Crippen molar-refractivity contribution in [2.45, 2.75) is 31.7 Å². The van der Waals surface area contributed by atoms with Crippen molar-refractivity contribution in [2.24, 2.45) is 5.92 Å². The standard InChI is InChI=1S/C21H18FNO3S3/c22-16-7-2-1-6-15(16)17-9-8-14(28-17)11-18-19(24)23(21(27)29-18)13-5-3-4-12(10-13)20(25)26/h1-2,6-9,11-13H,3-5,10H2,(H,25,26). The van der Waals surface area contributed by atoms with Crippen molar-refractivity contribution in [3.63, 3.8) is 0 Å². The molecule has 1 aromatic heterocycles. The van der Waals surface area contributed by atoms with Crippen molar-refractivity contribution >= 4 is 57.6 Å². The van der Waals surface area contributed by atoms with Crippen LogP contribution in [0.1, 0.15) is 30.6 Å². The van der Waals surface area contributed by atoms with Gasteiger partial charge in [-0.15, -0.1) is 11.3 Å². The summed E-state index contributed by atoms with van der Waals surface area (Å²) in [4.78, 5) is 28.1. The summed E-state index contributed by atoms with van der Waals surface area (Å²) in [6.07, 6.45) is 4.40. The van der Waals surface area contributed by atoms with Crippen molar-refractivity contribution in [1.82, 2.24) is 4.90 Å². The lowest BCUT2D eigenvalue weighted by Gasteiger charge is -2.32. The SMILES string of the molecule is O=C(O)C1CCCC(N2C(=O)C(=Cc3ccc(-c4ccccc4F)s3)SC2=S)C1. The van der Waals surface area contributed by atoms with E-state index in [2.05, 4.69) is 0 Å². The average Bonchev–Trinajstić information content (AvgIpc) is 3.27. The number of carboxylic acid groups (broad SMARTS) is 1. The third kappa shape index (κ3) is 4.15. The molecule has 2 heterocycles. The van der Waals surface area contributed by atoms with Crippen LogP contribution in [0.5, 0.6) is 0 Å². The number of thiocarbonyl (C=S) groups is 1. The van der Waals surface area contributed by atoms with Crippen molar-refractivity contribution in [2.75, 3.05) is 0 Å². The quantitative estimate of drug-likeness (QED) is 0.502. The van der Waals surface area contributed by atoms with Gasteiger partial charge in [0.25, 0.3) is 5.91 Å². The molecule has 4 rings (SSSR count). The smallest absolute Gasteiger partial charge is 0.306 e. The monoisotopic (exact) mass is 447 g/mol. The number of aliphatic carboxylic acids is 1. The predicted molar refractivity (Wildman–Crippen MR) is 118 cm³/mol. The second-order valence-electron chi connectivity index (χ2n) is 7.09. The number of hydrogen-bond donors (Lipinski definition) is 1. The summed E-state index contributed by atoms with van der Waals surface area (Å²) < 4.78 is 14.5. The number of rotatable bonds is 4. The summed E-state index contributed by atoms with van der Waals surface area (Å²) in [5.41, 5.74) is 0.534. The Balaban J connectivity index is 1.54. The van der Waals surface area contributed by atoms with Crippen LogP contribution < -0.4 is 0 Å². The van der Waals surface area contributed by atoms with Crippen LogP contribution in [0.15, 0.2) is 41.3 Å². The average molecular weight is 448 g/mol. The van der Waals surface area contributed by atoms with Crippen molar-refractivity contribution in [3.05, 3.63) is 52.0 Å². The number of carboxylic acids is 1. The molecule has 2 atom stereocenters. The number of thioether (sulfide) groups is 1. The summed E-state index contributed by atoms with van der Waals surface area (Å²) in [5.74, 6) is -1.69. The molecule has 0 radical (unpaired) electrons. The molecule has 1 amide bonds. The van der Waals surface area contributed by atoms with Gasteiger partial charge < -0.3 is 5.11 Å². The van der Waals surface area contributed by atoms with E-state index in [0.29, 0.717) is 27.6 Å². The number of amides is 1. The lowest BCUT2D eigenvalue weighted by atomic mass is 9.85. The van der Waals surface area contributed by atoms with Gasteiger partial charge in [-0.1, -0.05) is 48.6 Å². The molecule has 4 nitrogen and oxygen atoms in total. The first-order chi connectivity index (χ1) is 13.9.